The zero-order valence-corrected chi connectivity index (χ0v) is 20.9. The van der Waals surface area contributed by atoms with Crippen molar-refractivity contribution in [2.75, 3.05) is 25.0 Å². The third-order valence-corrected chi connectivity index (χ3v) is 6.87. The van der Waals surface area contributed by atoms with Gasteiger partial charge in [-0.25, -0.2) is 24.9 Å². The molecule has 1 fully saturated rings. The molecule has 3 heterocycles. The maximum absolute atomic E-state index is 14.7. The molecule has 11 nitrogen and oxygen atoms in total. The topological polar surface area (TPSA) is 153 Å². The molecule has 12 heteroatoms. The predicted octanol–water partition coefficient (Wildman–Crippen LogP) is 2.53. The molecule has 4 N–H and O–H groups in total. The summed E-state index contributed by atoms with van der Waals surface area (Å²) in [6.45, 7) is 1.55. The van der Waals surface area contributed by atoms with Gasteiger partial charge >= 0.3 is 0 Å². The summed E-state index contributed by atoms with van der Waals surface area (Å²) in [5, 5.41) is 19.7. The quantitative estimate of drug-likeness (QED) is 0.210. The van der Waals surface area contributed by atoms with Crippen LogP contribution in [0.4, 0.5) is 10.3 Å². The molecule has 0 unspecified atom stereocenters. The average molecular weight is 532 g/mol. The number of halogens is 1. The molecular formula is C27H26FN7O4. The van der Waals surface area contributed by atoms with Crippen LogP contribution in [0, 0.1) is 11.7 Å². The van der Waals surface area contributed by atoms with E-state index in [9.17, 15) is 18.8 Å². The number of nitrogens with one attached hydrogen (secondary N) is 3. The summed E-state index contributed by atoms with van der Waals surface area (Å²) in [6, 6.07) is 11.6. The molecule has 0 aliphatic carbocycles. The highest BCUT2D eigenvalue weighted by molar-refractivity contribution is 5.95. The number of H-pyrrole nitrogens is 1. The largest absolute Gasteiger partial charge is 0.354 e. The number of aromatic nitrogens is 4. The van der Waals surface area contributed by atoms with Crippen molar-refractivity contribution in [2.45, 2.75) is 19.3 Å². The summed E-state index contributed by atoms with van der Waals surface area (Å²) < 4.78 is 14.7. The van der Waals surface area contributed by atoms with Gasteiger partial charge in [0, 0.05) is 43.8 Å². The van der Waals surface area contributed by atoms with Gasteiger partial charge in [-0.1, -0.05) is 24.3 Å². The Labute approximate surface area is 222 Å². The number of carbonyl (C=O) groups excluding carboxylic acids is 2. The van der Waals surface area contributed by atoms with Crippen molar-refractivity contribution in [3.8, 4) is 0 Å². The van der Waals surface area contributed by atoms with Crippen LogP contribution in [0.5, 0.6) is 0 Å². The normalized spacial score (nSPS) is 13.8. The number of carbonyl (C=O) groups is 2. The molecular weight excluding hydrogens is 505 g/mol. The Balaban J connectivity index is 1.20. The van der Waals surface area contributed by atoms with E-state index in [2.05, 4.69) is 25.5 Å². The molecule has 5 rings (SSSR count). The van der Waals surface area contributed by atoms with Crippen LogP contribution in [0.25, 0.3) is 10.8 Å². The summed E-state index contributed by atoms with van der Waals surface area (Å²) in [6.07, 6.45) is 4.39. The van der Waals surface area contributed by atoms with Gasteiger partial charge in [0.15, 0.2) is 0 Å². The van der Waals surface area contributed by atoms with Crippen LogP contribution in [0.1, 0.15) is 44.8 Å². The summed E-state index contributed by atoms with van der Waals surface area (Å²) in [5.74, 6) is -1.02. The van der Waals surface area contributed by atoms with E-state index in [4.69, 9.17) is 5.21 Å². The first-order chi connectivity index (χ1) is 18.9. The second kappa shape index (κ2) is 11.4. The minimum Gasteiger partial charge on any atom is -0.354 e. The third-order valence-electron chi connectivity index (χ3n) is 6.87. The number of hydrogen-bond donors (Lipinski definition) is 4. The Kier molecular flexibility index (Phi) is 7.55. The number of benzene rings is 2. The molecule has 4 aromatic rings. The third kappa shape index (κ3) is 5.75. The number of piperidine rings is 1. The SMILES string of the molecule is O=C(NO)c1cnc(NCC2CCN(C(=O)c3cc(Cc4n[nH]c(=O)c5ccccc45)ccc3F)CC2)nc1. The van der Waals surface area contributed by atoms with E-state index >= 15 is 0 Å². The van der Waals surface area contributed by atoms with Crippen LogP contribution in [0.15, 0.2) is 59.7 Å². The fourth-order valence-corrected chi connectivity index (χ4v) is 4.69. The smallest absolute Gasteiger partial charge is 0.277 e. The van der Waals surface area contributed by atoms with Gasteiger partial charge in [-0.2, -0.15) is 5.10 Å². The first-order valence-corrected chi connectivity index (χ1v) is 12.5. The van der Waals surface area contributed by atoms with E-state index in [1.807, 2.05) is 12.1 Å². The summed E-state index contributed by atoms with van der Waals surface area (Å²) in [5.41, 5.74) is 2.75. The average Bonchev–Trinajstić information content (AvgIpc) is 2.98. The van der Waals surface area contributed by atoms with Gasteiger partial charge < -0.3 is 10.2 Å². The maximum Gasteiger partial charge on any atom is 0.277 e. The lowest BCUT2D eigenvalue weighted by atomic mass is 9.96. The van der Waals surface area contributed by atoms with Gasteiger partial charge in [0.1, 0.15) is 5.82 Å². The highest BCUT2D eigenvalue weighted by Gasteiger charge is 2.26. The molecule has 0 saturated carbocycles. The number of anilines is 1. The van der Waals surface area contributed by atoms with Crippen molar-refractivity contribution in [3.05, 3.63) is 93.4 Å². The Bertz CT molecular complexity index is 1570. The van der Waals surface area contributed by atoms with Crippen molar-refractivity contribution < 1.29 is 19.2 Å². The van der Waals surface area contributed by atoms with Crippen molar-refractivity contribution in [1.82, 2.24) is 30.5 Å². The molecule has 0 atom stereocenters. The van der Waals surface area contributed by atoms with Crippen LogP contribution in [-0.4, -0.2) is 61.7 Å². The van der Waals surface area contributed by atoms with Gasteiger partial charge in [0.25, 0.3) is 17.4 Å². The first kappa shape index (κ1) is 25.9. The predicted molar refractivity (Wildman–Crippen MR) is 140 cm³/mol. The number of fused-ring (bicyclic) bond motifs is 1. The van der Waals surface area contributed by atoms with Crippen LogP contribution >= 0.6 is 0 Å². The van der Waals surface area contributed by atoms with Crippen molar-refractivity contribution >= 4 is 28.5 Å². The van der Waals surface area contributed by atoms with E-state index in [0.717, 1.165) is 12.8 Å². The number of hydrogen-bond acceptors (Lipinski definition) is 8. The van der Waals surface area contributed by atoms with Gasteiger partial charge in [-0.05, 0) is 42.5 Å². The lowest BCUT2D eigenvalue weighted by Crippen LogP contribution is -2.40. The molecule has 0 spiro atoms. The first-order valence-electron chi connectivity index (χ1n) is 12.5. The monoisotopic (exact) mass is 531 g/mol. The van der Waals surface area contributed by atoms with Gasteiger partial charge in [0.05, 0.1) is 22.2 Å². The van der Waals surface area contributed by atoms with Crippen LogP contribution in [-0.2, 0) is 6.42 Å². The molecule has 0 radical (unpaired) electrons. The fourth-order valence-electron chi connectivity index (χ4n) is 4.69. The molecule has 2 aromatic carbocycles. The molecule has 2 aromatic heterocycles. The molecule has 1 aliphatic rings. The van der Waals surface area contributed by atoms with Crippen molar-refractivity contribution in [3.63, 3.8) is 0 Å². The minimum atomic E-state index is -0.692. The Morgan fingerprint density at radius 3 is 2.51 bits per heavy atom. The second-order valence-corrected chi connectivity index (χ2v) is 9.39. The fraction of sp³-hybridized carbons (Fsp3) is 0.259. The highest BCUT2D eigenvalue weighted by atomic mass is 19.1. The number of rotatable bonds is 7. The zero-order chi connectivity index (χ0) is 27.4. The Morgan fingerprint density at radius 2 is 1.79 bits per heavy atom. The molecule has 39 heavy (non-hydrogen) atoms. The second-order valence-electron chi connectivity index (χ2n) is 9.39. The Hall–Kier alpha value is -4.71. The van der Waals surface area contributed by atoms with E-state index < -0.39 is 11.7 Å². The lowest BCUT2D eigenvalue weighted by Gasteiger charge is -2.32. The van der Waals surface area contributed by atoms with Crippen LogP contribution in [0.3, 0.4) is 0 Å². The summed E-state index contributed by atoms with van der Waals surface area (Å²) >= 11 is 0. The van der Waals surface area contributed by atoms with Crippen molar-refractivity contribution in [2.24, 2.45) is 5.92 Å². The maximum atomic E-state index is 14.7. The number of amides is 2. The Morgan fingerprint density at radius 1 is 1.08 bits per heavy atom. The summed E-state index contributed by atoms with van der Waals surface area (Å²) in [4.78, 5) is 46.4. The highest BCUT2D eigenvalue weighted by Crippen LogP contribution is 2.23. The van der Waals surface area contributed by atoms with Gasteiger partial charge in [-0.15, -0.1) is 0 Å². The zero-order valence-electron chi connectivity index (χ0n) is 20.9. The van der Waals surface area contributed by atoms with Crippen LogP contribution < -0.4 is 16.4 Å². The molecule has 200 valence electrons. The number of nitrogens with zero attached hydrogens (tertiary/aromatic N) is 4. The van der Waals surface area contributed by atoms with E-state index in [-0.39, 0.29) is 28.5 Å². The molecule has 1 aliphatic heterocycles. The number of hydroxylamine groups is 1. The lowest BCUT2D eigenvalue weighted by molar-refractivity contribution is 0.0688. The molecule has 1 saturated heterocycles. The standard InChI is InChI=1S/C27H26FN7O4/c28-22-6-5-17(12-23-19-3-1-2-4-20(19)25(37)33-32-23)11-21(22)26(38)35-9-7-16(8-10-35)13-29-27-30-14-18(15-31-27)24(36)34-39/h1-6,11,14-16,39H,7-10,12-13H2,(H,33,37)(H,34,36)(H,29,30,31). The van der Waals surface area contributed by atoms with E-state index in [1.54, 1.807) is 29.2 Å². The molecule has 2 amide bonds. The van der Waals surface area contributed by atoms with Gasteiger partial charge in [0.2, 0.25) is 5.95 Å². The number of aromatic amines is 1. The minimum absolute atomic E-state index is 0.0122. The van der Waals surface area contributed by atoms with E-state index in [1.165, 1.54) is 23.9 Å². The van der Waals surface area contributed by atoms with Crippen molar-refractivity contribution in [1.29, 1.82) is 0 Å². The molecule has 0 bridgehead atoms. The summed E-state index contributed by atoms with van der Waals surface area (Å²) in [7, 11) is 0. The number of likely N-dealkylation sites (tertiary alicyclic amines) is 1. The van der Waals surface area contributed by atoms with Crippen LogP contribution in [0.2, 0.25) is 0 Å². The van der Waals surface area contributed by atoms with Gasteiger partial charge in [-0.3, -0.25) is 19.6 Å². The van der Waals surface area contributed by atoms with E-state index in [0.29, 0.717) is 54.0 Å².